The zero-order valence-electron chi connectivity index (χ0n) is 12.1. The lowest BCUT2D eigenvalue weighted by atomic mass is 10.3. The van der Waals surface area contributed by atoms with E-state index >= 15 is 0 Å². The maximum absolute atomic E-state index is 12.2. The van der Waals surface area contributed by atoms with E-state index in [1.165, 1.54) is 6.26 Å². The molecule has 3 rings (SSSR count). The van der Waals surface area contributed by atoms with E-state index in [1.54, 1.807) is 24.1 Å². The van der Waals surface area contributed by atoms with Gasteiger partial charge in [0.25, 0.3) is 5.91 Å². The van der Waals surface area contributed by atoms with Crippen LogP contribution in [0, 0.1) is 0 Å². The number of furan rings is 1. The van der Waals surface area contributed by atoms with Crippen molar-refractivity contribution >= 4 is 16.9 Å². The molecule has 2 aromatic heterocycles. The Labute approximate surface area is 122 Å². The number of benzene rings is 1. The minimum absolute atomic E-state index is 0.144. The minimum Gasteiger partial charge on any atom is -0.459 e. The summed E-state index contributed by atoms with van der Waals surface area (Å²) in [5.74, 6) is 1.08. The van der Waals surface area contributed by atoms with Gasteiger partial charge in [0, 0.05) is 13.6 Å². The van der Waals surface area contributed by atoms with E-state index in [-0.39, 0.29) is 5.91 Å². The number of amides is 1. The summed E-state index contributed by atoms with van der Waals surface area (Å²) < 4.78 is 7.28. The molecular weight excluding hydrogens is 266 g/mol. The normalized spacial score (nSPS) is 11.0. The number of carbonyl (C=O) groups excluding carboxylic acids is 1. The predicted molar refractivity (Wildman–Crippen MR) is 79.9 cm³/mol. The van der Waals surface area contributed by atoms with Gasteiger partial charge in [-0.2, -0.15) is 0 Å². The summed E-state index contributed by atoms with van der Waals surface area (Å²) in [6, 6.07) is 11.4. The highest BCUT2D eigenvalue weighted by molar-refractivity contribution is 5.91. The van der Waals surface area contributed by atoms with Gasteiger partial charge >= 0.3 is 0 Å². The van der Waals surface area contributed by atoms with E-state index in [2.05, 4.69) is 16.5 Å². The molecule has 5 nitrogen and oxygen atoms in total. The third-order valence-corrected chi connectivity index (χ3v) is 3.51. The molecule has 0 aliphatic heterocycles. The van der Waals surface area contributed by atoms with Crippen LogP contribution in [0.3, 0.4) is 0 Å². The number of fused-ring (bicyclic) bond motifs is 1. The van der Waals surface area contributed by atoms with Crippen molar-refractivity contribution in [1.82, 2.24) is 14.5 Å². The maximum atomic E-state index is 12.2. The third kappa shape index (κ3) is 2.42. The predicted octanol–water partition coefficient (Wildman–Crippen LogP) is 2.92. The molecule has 21 heavy (non-hydrogen) atoms. The molecule has 0 atom stereocenters. The van der Waals surface area contributed by atoms with Crippen LogP contribution in [0.1, 0.15) is 23.3 Å². The molecule has 0 N–H and O–H groups in total. The van der Waals surface area contributed by atoms with E-state index in [1.807, 2.05) is 24.3 Å². The summed E-state index contributed by atoms with van der Waals surface area (Å²) in [7, 11) is 1.75. The molecule has 1 aromatic carbocycles. The Morgan fingerprint density at radius 1 is 1.29 bits per heavy atom. The fourth-order valence-corrected chi connectivity index (χ4v) is 2.47. The number of hydrogen-bond acceptors (Lipinski definition) is 3. The fraction of sp³-hybridized carbons (Fsp3) is 0.250. The molecule has 2 heterocycles. The van der Waals surface area contributed by atoms with Crippen molar-refractivity contribution in [3.05, 3.63) is 54.2 Å². The van der Waals surface area contributed by atoms with Gasteiger partial charge < -0.3 is 13.9 Å². The van der Waals surface area contributed by atoms with Gasteiger partial charge in [-0.3, -0.25) is 4.79 Å². The van der Waals surface area contributed by atoms with E-state index in [0.29, 0.717) is 12.3 Å². The van der Waals surface area contributed by atoms with Crippen molar-refractivity contribution in [2.24, 2.45) is 0 Å². The molecule has 0 saturated carbocycles. The molecule has 1 amide bonds. The van der Waals surface area contributed by atoms with E-state index in [4.69, 9.17) is 4.42 Å². The standard InChI is InChI=1S/C16H17N3O2/c1-3-19-13-8-5-4-7-12(13)17-15(19)11-18(2)16(20)14-9-6-10-21-14/h4-10H,3,11H2,1-2H3. The number of hydrogen-bond donors (Lipinski definition) is 0. The lowest BCUT2D eigenvalue weighted by Gasteiger charge is -2.16. The zero-order chi connectivity index (χ0) is 14.8. The Morgan fingerprint density at radius 2 is 2.10 bits per heavy atom. The monoisotopic (exact) mass is 283 g/mol. The van der Waals surface area contributed by atoms with Gasteiger partial charge in [0.15, 0.2) is 5.76 Å². The summed E-state index contributed by atoms with van der Waals surface area (Å²) in [6.07, 6.45) is 1.50. The van der Waals surface area contributed by atoms with Crippen LogP contribution in [-0.4, -0.2) is 27.4 Å². The second-order valence-corrected chi connectivity index (χ2v) is 4.90. The highest BCUT2D eigenvalue weighted by atomic mass is 16.3. The molecule has 0 bridgehead atoms. The van der Waals surface area contributed by atoms with Crippen LogP contribution in [0.4, 0.5) is 0 Å². The first-order chi connectivity index (χ1) is 10.2. The van der Waals surface area contributed by atoms with E-state index in [9.17, 15) is 4.79 Å². The van der Waals surface area contributed by atoms with Crippen molar-refractivity contribution in [1.29, 1.82) is 0 Å². The molecule has 108 valence electrons. The fourth-order valence-electron chi connectivity index (χ4n) is 2.47. The largest absolute Gasteiger partial charge is 0.459 e. The third-order valence-electron chi connectivity index (χ3n) is 3.51. The Bertz CT molecular complexity index is 759. The number of carbonyl (C=O) groups is 1. The number of para-hydroxylation sites is 2. The molecule has 5 heteroatoms. The number of rotatable bonds is 4. The average Bonchev–Trinajstić information content (AvgIpc) is 3.13. The molecule has 0 spiro atoms. The highest BCUT2D eigenvalue weighted by Gasteiger charge is 2.17. The molecule has 0 unspecified atom stereocenters. The van der Waals surface area contributed by atoms with E-state index < -0.39 is 0 Å². The summed E-state index contributed by atoms with van der Waals surface area (Å²) in [4.78, 5) is 18.5. The lowest BCUT2D eigenvalue weighted by molar-refractivity contribution is 0.0748. The van der Waals surface area contributed by atoms with Gasteiger partial charge in [-0.25, -0.2) is 4.98 Å². The summed E-state index contributed by atoms with van der Waals surface area (Å²) >= 11 is 0. The van der Waals surface area contributed by atoms with Gasteiger partial charge in [0.1, 0.15) is 5.82 Å². The average molecular weight is 283 g/mol. The molecule has 0 aliphatic carbocycles. The Balaban J connectivity index is 1.89. The quantitative estimate of drug-likeness (QED) is 0.739. The first-order valence-corrected chi connectivity index (χ1v) is 6.94. The highest BCUT2D eigenvalue weighted by Crippen LogP contribution is 2.17. The zero-order valence-corrected chi connectivity index (χ0v) is 12.1. The molecular formula is C16H17N3O2. The molecule has 0 fully saturated rings. The summed E-state index contributed by atoms with van der Waals surface area (Å²) in [6.45, 7) is 3.34. The first kappa shape index (κ1) is 13.4. The first-order valence-electron chi connectivity index (χ1n) is 6.94. The number of aromatic nitrogens is 2. The number of aryl methyl sites for hydroxylation is 1. The Kier molecular flexibility index (Phi) is 3.48. The second-order valence-electron chi connectivity index (χ2n) is 4.90. The van der Waals surface area contributed by atoms with Crippen LogP contribution >= 0.6 is 0 Å². The Hall–Kier alpha value is -2.56. The van der Waals surface area contributed by atoms with Crippen LogP contribution in [0.15, 0.2) is 47.1 Å². The van der Waals surface area contributed by atoms with Gasteiger partial charge in [0.2, 0.25) is 0 Å². The SMILES string of the molecule is CCn1c(CN(C)C(=O)c2ccco2)nc2ccccc21. The van der Waals surface area contributed by atoms with E-state index in [0.717, 1.165) is 23.4 Å². The lowest BCUT2D eigenvalue weighted by Crippen LogP contribution is -2.27. The van der Waals surface area contributed by atoms with Crippen LogP contribution in [0.5, 0.6) is 0 Å². The maximum Gasteiger partial charge on any atom is 0.289 e. The summed E-state index contributed by atoms with van der Waals surface area (Å²) in [5.41, 5.74) is 2.04. The molecule has 0 aliphatic rings. The minimum atomic E-state index is -0.144. The smallest absolute Gasteiger partial charge is 0.289 e. The number of nitrogens with zero attached hydrogens (tertiary/aromatic N) is 3. The number of imidazole rings is 1. The molecule has 0 radical (unpaired) electrons. The van der Waals surface area contributed by atoms with Crippen LogP contribution < -0.4 is 0 Å². The van der Waals surface area contributed by atoms with Crippen LogP contribution in [-0.2, 0) is 13.1 Å². The van der Waals surface area contributed by atoms with Gasteiger partial charge in [0.05, 0.1) is 23.8 Å². The topological polar surface area (TPSA) is 51.3 Å². The van der Waals surface area contributed by atoms with Crippen LogP contribution in [0.25, 0.3) is 11.0 Å². The van der Waals surface area contributed by atoms with Gasteiger partial charge in [-0.15, -0.1) is 0 Å². The van der Waals surface area contributed by atoms with Gasteiger partial charge in [-0.1, -0.05) is 12.1 Å². The molecule has 0 saturated heterocycles. The molecule has 3 aromatic rings. The second kappa shape index (κ2) is 5.44. The van der Waals surface area contributed by atoms with Crippen molar-refractivity contribution in [2.75, 3.05) is 7.05 Å². The van der Waals surface area contributed by atoms with Gasteiger partial charge in [-0.05, 0) is 31.2 Å². The van der Waals surface area contributed by atoms with Crippen molar-refractivity contribution in [3.63, 3.8) is 0 Å². The summed E-state index contributed by atoms with van der Waals surface area (Å²) in [5, 5.41) is 0. The Morgan fingerprint density at radius 3 is 2.81 bits per heavy atom. The van der Waals surface area contributed by atoms with Crippen molar-refractivity contribution < 1.29 is 9.21 Å². The van der Waals surface area contributed by atoms with Crippen molar-refractivity contribution in [2.45, 2.75) is 20.0 Å². The van der Waals surface area contributed by atoms with Crippen LogP contribution in [0.2, 0.25) is 0 Å². The van der Waals surface area contributed by atoms with Crippen molar-refractivity contribution in [3.8, 4) is 0 Å².